The highest BCUT2D eigenvalue weighted by Gasteiger charge is 2.08. The Labute approximate surface area is 96.9 Å². The monoisotopic (exact) mass is 230 g/mol. The van der Waals surface area contributed by atoms with Gasteiger partial charge in [-0.15, -0.1) is 0 Å². The molecule has 1 N–H and O–H groups in total. The summed E-state index contributed by atoms with van der Waals surface area (Å²) in [6.45, 7) is 0. The van der Waals surface area contributed by atoms with Gasteiger partial charge in [0.1, 0.15) is 11.6 Å². The van der Waals surface area contributed by atoms with E-state index in [1.165, 1.54) is 6.20 Å². The highest BCUT2D eigenvalue weighted by molar-refractivity contribution is 6.30. The van der Waals surface area contributed by atoms with Crippen LogP contribution in [0.15, 0.2) is 41.3 Å². The second kappa shape index (κ2) is 4.21. The predicted molar refractivity (Wildman–Crippen MR) is 62.2 cm³/mol. The highest BCUT2D eigenvalue weighted by atomic mass is 35.5. The average molecular weight is 231 g/mol. The second-order valence-electron chi connectivity index (χ2n) is 3.22. The minimum atomic E-state index is -0.389. The van der Waals surface area contributed by atoms with Gasteiger partial charge < -0.3 is 4.98 Å². The van der Waals surface area contributed by atoms with Crippen molar-refractivity contribution in [3.05, 3.63) is 57.5 Å². The first kappa shape index (κ1) is 10.5. The van der Waals surface area contributed by atoms with E-state index >= 15 is 0 Å². The molecule has 0 saturated carbocycles. The van der Waals surface area contributed by atoms with Crippen molar-refractivity contribution in [3.63, 3.8) is 0 Å². The molecule has 0 saturated heterocycles. The number of aromatic nitrogens is 1. The Balaban J connectivity index is 2.71. The second-order valence-corrected chi connectivity index (χ2v) is 3.65. The van der Waals surface area contributed by atoms with Crippen LogP contribution in [0.2, 0.25) is 5.02 Å². The summed E-state index contributed by atoms with van der Waals surface area (Å²) in [6, 6.07) is 10.6. The van der Waals surface area contributed by atoms with Crippen molar-refractivity contribution in [2.75, 3.05) is 0 Å². The number of nitriles is 1. The van der Waals surface area contributed by atoms with Crippen molar-refractivity contribution < 1.29 is 0 Å². The Morgan fingerprint density at radius 3 is 2.81 bits per heavy atom. The van der Waals surface area contributed by atoms with Crippen LogP contribution in [0.25, 0.3) is 11.1 Å². The maximum Gasteiger partial charge on any atom is 0.266 e. The molecule has 1 aromatic carbocycles. The Hall–Kier alpha value is -2.05. The Morgan fingerprint density at radius 2 is 2.12 bits per heavy atom. The van der Waals surface area contributed by atoms with Crippen LogP contribution in [0.3, 0.4) is 0 Å². The fourth-order valence-electron chi connectivity index (χ4n) is 1.49. The van der Waals surface area contributed by atoms with E-state index in [2.05, 4.69) is 4.98 Å². The maximum atomic E-state index is 11.4. The normalized spacial score (nSPS) is 9.75. The first-order valence-electron chi connectivity index (χ1n) is 4.60. The molecule has 78 valence electrons. The van der Waals surface area contributed by atoms with E-state index in [1.807, 2.05) is 12.1 Å². The lowest BCUT2D eigenvalue weighted by Gasteiger charge is -2.03. The van der Waals surface area contributed by atoms with E-state index in [9.17, 15) is 4.79 Å². The molecule has 0 unspecified atom stereocenters. The molecule has 0 radical (unpaired) electrons. The Morgan fingerprint density at radius 1 is 1.31 bits per heavy atom. The number of aromatic amines is 1. The summed E-state index contributed by atoms with van der Waals surface area (Å²) in [6.07, 6.45) is 1.51. The molecule has 0 aliphatic rings. The van der Waals surface area contributed by atoms with Crippen LogP contribution in [0, 0.1) is 11.3 Å². The number of halogens is 1. The molecule has 0 aliphatic carbocycles. The van der Waals surface area contributed by atoms with Crippen LogP contribution >= 0.6 is 11.6 Å². The number of pyridine rings is 1. The fourth-order valence-corrected chi connectivity index (χ4v) is 1.68. The first-order valence-corrected chi connectivity index (χ1v) is 4.98. The lowest BCUT2D eigenvalue weighted by Crippen LogP contribution is -2.10. The number of rotatable bonds is 1. The zero-order valence-corrected chi connectivity index (χ0v) is 8.95. The van der Waals surface area contributed by atoms with E-state index in [1.54, 1.807) is 24.3 Å². The summed E-state index contributed by atoms with van der Waals surface area (Å²) in [5.74, 6) is 0. The molecule has 2 aromatic rings. The summed E-state index contributed by atoms with van der Waals surface area (Å²) in [7, 11) is 0. The molecule has 2 rings (SSSR count). The van der Waals surface area contributed by atoms with Gasteiger partial charge in [0.15, 0.2) is 0 Å². The molecule has 0 aliphatic heterocycles. The van der Waals surface area contributed by atoms with Crippen LogP contribution in [-0.4, -0.2) is 4.98 Å². The topological polar surface area (TPSA) is 56.6 Å². The van der Waals surface area contributed by atoms with Gasteiger partial charge in [0.25, 0.3) is 5.56 Å². The molecule has 4 heteroatoms. The smallest absolute Gasteiger partial charge is 0.266 e. The summed E-state index contributed by atoms with van der Waals surface area (Å²) in [5, 5.41) is 9.50. The molecule has 16 heavy (non-hydrogen) atoms. The van der Waals surface area contributed by atoms with E-state index in [4.69, 9.17) is 16.9 Å². The molecule has 0 amide bonds. The predicted octanol–water partition coefficient (Wildman–Crippen LogP) is 2.57. The molecule has 3 nitrogen and oxygen atoms in total. The van der Waals surface area contributed by atoms with Gasteiger partial charge in [-0.05, 0) is 23.8 Å². The lowest BCUT2D eigenvalue weighted by atomic mass is 10.0. The van der Waals surface area contributed by atoms with Gasteiger partial charge in [-0.1, -0.05) is 23.7 Å². The molecule has 0 spiro atoms. The summed E-state index contributed by atoms with van der Waals surface area (Å²) < 4.78 is 0. The van der Waals surface area contributed by atoms with E-state index < -0.39 is 0 Å². The Kier molecular flexibility index (Phi) is 2.76. The van der Waals surface area contributed by atoms with Gasteiger partial charge in [-0.3, -0.25) is 4.79 Å². The molecule has 1 heterocycles. The third-order valence-corrected chi connectivity index (χ3v) is 2.44. The van der Waals surface area contributed by atoms with Crippen LogP contribution in [0.1, 0.15) is 5.56 Å². The zero-order chi connectivity index (χ0) is 11.5. The van der Waals surface area contributed by atoms with Crippen LogP contribution in [0.5, 0.6) is 0 Å². The van der Waals surface area contributed by atoms with Gasteiger partial charge in [-0.2, -0.15) is 5.26 Å². The molecule has 0 atom stereocenters. The molecular weight excluding hydrogens is 224 g/mol. The van der Waals surface area contributed by atoms with Gasteiger partial charge >= 0.3 is 0 Å². The number of nitrogens with zero attached hydrogens (tertiary/aromatic N) is 1. The zero-order valence-electron chi connectivity index (χ0n) is 8.20. The maximum absolute atomic E-state index is 11.4. The number of benzene rings is 1. The van der Waals surface area contributed by atoms with Crippen molar-refractivity contribution in [2.45, 2.75) is 0 Å². The van der Waals surface area contributed by atoms with E-state index in [0.29, 0.717) is 10.6 Å². The molecule has 0 fully saturated rings. The quantitative estimate of drug-likeness (QED) is 0.819. The Bertz CT molecular complexity index is 625. The third-order valence-electron chi connectivity index (χ3n) is 2.21. The van der Waals surface area contributed by atoms with Gasteiger partial charge in [0, 0.05) is 16.8 Å². The summed E-state index contributed by atoms with van der Waals surface area (Å²) in [4.78, 5) is 13.9. The van der Waals surface area contributed by atoms with Crippen molar-refractivity contribution in [1.29, 1.82) is 5.26 Å². The van der Waals surface area contributed by atoms with Crippen LogP contribution in [0.4, 0.5) is 0 Å². The van der Waals surface area contributed by atoms with Gasteiger partial charge in [0.05, 0.1) is 0 Å². The van der Waals surface area contributed by atoms with Crippen LogP contribution < -0.4 is 5.56 Å². The van der Waals surface area contributed by atoms with Gasteiger partial charge in [-0.25, -0.2) is 0 Å². The molecule has 0 bridgehead atoms. The first-order chi connectivity index (χ1) is 7.72. The summed E-state index contributed by atoms with van der Waals surface area (Å²) >= 11 is 5.86. The SMILES string of the molecule is N#Cc1c(-c2cccc(Cl)c2)cc[nH]c1=O. The van der Waals surface area contributed by atoms with Crippen molar-refractivity contribution in [2.24, 2.45) is 0 Å². The third kappa shape index (κ3) is 1.83. The average Bonchev–Trinajstić information content (AvgIpc) is 2.28. The largest absolute Gasteiger partial charge is 0.328 e. The highest BCUT2D eigenvalue weighted by Crippen LogP contribution is 2.23. The standard InChI is InChI=1S/C12H7ClN2O/c13-9-3-1-2-8(6-9)10-4-5-15-12(16)11(10)7-14/h1-6H,(H,15,16). The van der Waals surface area contributed by atoms with E-state index in [0.717, 1.165) is 5.56 Å². The molecule has 1 aromatic heterocycles. The fraction of sp³-hybridized carbons (Fsp3) is 0. The van der Waals surface area contributed by atoms with Crippen molar-refractivity contribution >= 4 is 11.6 Å². The number of nitrogens with one attached hydrogen (secondary N) is 1. The van der Waals surface area contributed by atoms with Crippen molar-refractivity contribution in [1.82, 2.24) is 4.98 Å². The summed E-state index contributed by atoms with van der Waals surface area (Å²) in [5.41, 5.74) is 1.06. The minimum Gasteiger partial charge on any atom is -0.328 e. The molecular formula is C12H7ClN2O. The number of H-pyrrole nitrogens is 1. The van der Waals surface area contributed by atoms with Gasteiger partial charge in [0.2, 0.25) is 0 Å². The number of hydrogen-bond donors (Lipinski definition) is 1. The van der Waals surface area contributed by atoms with Crippen molar-refractivity contribution in [3.8, 4) is 17.2 Å². The lowest BCUT2D eigenvalue weighted by molar-refractivity contribution is 1.22. The van der Waals surface area contributed by atoms with Crippen LogP contribution in [-0.2, 0) is 0 Å². The number of hydrogen-bond acceptors (Lipinski definition) is 2. The minimum absolute atomic E-state index is 0.102. The van der Waals surface area contributed by atoms with E-state index in [-0.39, 0.29) is 11.1 Å².